The van der Waals surface area contributed by atoms with Gasteiger partial charge in [0, 0.05) is 20.2 Å². The molecule has 0 bridgehead atoms. The zero-order chi connectivity index (χ0) is 19.6. The predicted octanol–water partition coefficient (Wildman–Crippen LogP) is 2.57. The summed E-state index contributed by atoms with van der Waals surface area (Å²) in [5, 5.41) is 0.475. The molecule has 1 aliphatic rings. The Balaban J connectivity index is 1.83. The second kappa shape index (κ2) is 8.50. The van der Waals surface area contributed by atoms with Crippen molar-refractivity contribution in [1.82, 2.24) is 14.9 Å². The van der Waals surface area contributed by atoms with E-state index in [4.69, 9.17) is 9.47 Å². The lowest BCUT2D eigenvalue weighted by Gasteiger charge is -2.34. The molecule has 0 aliphatic carbocycles. The Bertz CT molecular complexity index is 866. The van der Waals surface area contributed by atoms with Crippen molar-refractivity contribution in [2.45, 2.75) is 33.7 Å². The number of ether oxygens (including phenoxy) is 2. The number of nitrogens with zero attached hydrogens (tertiary/aromatic N) is 2. The summed E-state index contributed by atoms with van der Waals surface area (Å²) in [4.78, 5) is 35.8. The van der Waals surface area contributed by atoms with E-state index in [1.54, 1.807) is 14.0 Å². The Morgan fingerprint density at radius 2 is 2.00 bits per heavy atom. The molecular formula is C19H27N3O4S. The molecule has 0 unspecified atom stereocenters. The number of likely N-dealkylation sites (tertiary alicyclic amines) is 1. The number of thiophene rings is 1. The fourth-order valence-electron chi connectivity index (χ4n) is 3.87. The summed E-state index contributed by atoms with van der Waals surface area (Å²) in [7, 11) is 1.55. The topological polar surface area (TPSA) is 84.5 Å². The van der Waals surface area contributed by atoms with Crippen LogP contribution in [-0.4, -0.2) is 54.3 Å². The third kappa shape index (κ3) is 4.56. The Morgan fingerprint density at radius 3 is 2.67 bits per heavy atom. The smallest absolute Gasteiger partial charge is 0.348 e. The maximum atomic E-state index is 12.6. The van der Waals surface area contributed by atoms with Gasteiger partial charge < -0.3 is 14.5 Å². The van der Waals surface area contributed by atoms with Crippen LogP contribution >= 0.6 is 11.3 Å². The van der Waals surface area contributed by atoms with Crippen LogP contribution in [0.15, 0.2) is 4.79 Å². The molecule has 27 heavy (non-hydrogen) atoms. The van der Waals surface area contributed by atoms with E-state index < -0.39 is 5.97 Å². The summed E-state index contributed by atoms with van der Waals surface area (Å²) >= 11 is 1.22. The van der Waals surface area contributed by atoms with Gasteiger partial charge in [0.05, 0.1) is 18.5 Å². The first-order valence-corrected chi connectivity index (χ1v) is 10.1. The van der Waals surface area contributed by atoms with Crippen LogP contribution in [0, 0.1) is 18.8 Å². The summed E-state index contributed by atoms with van der Waals surface area (Å²) in [6.45, 7) is 9.42. The zero-order valence-electron chi connectivity index (χ0n) is 16.3. The molecule has 2 aromatic rings. The Labute approximate surface area is 162 Å². The Hall–Kier alpha value is -1.77. The lowest BCUT2D eigenvalue weighted by atomic mass is 9.92. The number of esters is 1. The van der Waals surface area contributed by atoms with Crippen LogP contribution in [0.25, 0.3) is 10.2 Å². The predicted molar refractivity (Wildman–Crippen MR) is 105 cm³/mol. The van der Waals surface area contributed by atoms with E-state index in [0.29, 0.717) is 51.5 Å². The molecule has 3 heterocycles. The molecule has 1 N–H and O–H groups in total. The maximum Gasteiger partial charge on any atom is 0.348 e. The summed E-state index contributed by atoms with van der Waals surface area (Å²) in [5.74, 6) is 1.49. The molecule has 1 saturated heterocycles. The highest BCUT2D eigenvalue weighted by Crippen LogP contribution is 2.28. The standard InChI is InChI=1S/C19H27N3O4S/c1-11-7-12(2)9-22(8-11)10-14-20-17(23)15-13(3)16(27-18(15)21-14)19(24)26-6-5-25-4/h11-12H,5-10H2,1-4H3,(H,20,21,23)/t11-,12-/m1/s1. The second-order valence-electron chi connectivity index (χ2n) is 7.52. The maximum absolute atomic E-state index is 12.6. The first-order chi connectivity index (χ1) is 12.9. The molecule has 1 fully saturated rings. The minimum atomic E-state index is -0.438. The number of aryl methyl sites for hydroxylation is 1. The van der Waals surface area contributed by atoms with Gasteiger partial charge in [-0.1, -0.05) is 13.8 Å². The van der Waals surface area contributed by atoms with Gasteiger partial charge in [-0.05, 0) is 30.7 Å². The minimum Gasteiger partial charge on any atom is -0.459 e. The number of hydrogen-bond donors (Lipinski definition) is 1. The van der Waals surface area contributed by atoms with Crippen molar-refractivity contribution in [2.24, 2.45) is 11.8 Å². The summed E-state index contributed by atoms with van der Waals surface area (Å²) in [6, 6.07) is 0. The third-order valence-electron chi connectivity index (χ3n) is 4.87. The van der Waals surface area contributed by atoms with Crippen molar-refractivity contribution in [2.75, 3.05) is 33.4 Å². The number of aromatic nitrogens is 2. The first-order valence-electron chi connectivity index (χ1n) is 9.29. The monoisotopic (exact) mass is 393 g/mol. The number of nitrogens with one attached hydrogen (secondary N) is 1. The van der Waals surface area contributed by atoms with Crippen LogP contribution < -0.4 is 5.56 Å². The molecule has 0 saturated carbocycles. The van der Waals surface area contributed by atoms with Gasteiger partial charge in [-0.2, -0.15) is 0 Å². The number of carbonyl (C=O) groups is 1. The van der Waals surface area contributed by atoms with Gasteiger partial charge >= 0.3 is 5.97 Å². The highest BCUT2D eigenvalue weighted by atomic mass is 32.1. The third-order valence-corrected chi connectivity index (χ3v) is 6.04. The number of H-pyrrole nitrogens is 1. The first kappa shape index (κ1) is 20.0. The van der Waals surface area contributed by atoms with E-state index in [-0.39, 0.29) is 12.2 Å². The van der Waals surface area contributed by atoms with E-state index >= 15 is 0 Å². The minimum absolute atomic E-state index is 0.184. The van der Waals surface area contributed by atoms with Crippen molar-refractivity contribution in [3.05, 3.63) is 26.6 Å². The number of methoxy groups -OCH3 is 1. The van der Waals surface area contributed by atoms with Gasteiger partial charge in [0.2, 0.25) is 0 Å². The molecule has 0 amide bonds. The van der Waals surface area contributed by atoms with E-state index in [0.717, 1.165) is 13.1 Å². The van der Waals surface area contributed by atoms with Crippen molar-refractivity contribution < 1.29 is 14.3 Å². The van der Waals surface area contributed by atoms with Gasteiger partial charge in [0.1, 0.15) is 22.1 Å². The Morgan fingerprint density at radius 1 is 1.30 bits per heavy atom. The Kier molecular flexibility index (Phi) is 6.29. The molecule has 0 radical (unpaired) electrons. The average molecular weight is 394 g/mol. The second-order valence-corrected chi connectivity index (χ2v) is 8.52. The number of fused-ring (bicyclic) bond motifs is 1. The molecule has 8 heteroatoms. The number of rotatable bonds is 6. The van der Waals surface area contributed by atoms with Crippen LogP contribution in [0.1, 0.15) is 41.3 Å². The van der Waals surface area contributed by atoms with Gasteiger partial charge in [-0.3, -0.25) is 9.69 Å². The quantitative estimate of drug-likeness (QED) is 0.600. The fraction of sp³-hybridized carbons (Fsp3) is 0.632. The molecule has 148 valence electrons. The number of carbonyl (C=O) groups excluding carboxylic acids is 1. The van der Waals surface area contributed by atoms with Crippen LogP contribution in [0.3, 0.4) is 0 Å². The lowest BCUT2D eigenvalue weighted by Crippen LogP contribution is -2.38. The normalized spacial score (nSPS) is 20.9. The van der Waals surface area contributed by atoms with Gasteiger partial charge in [-0.25, -0.2) is 9.78 Å². The SMILES string of the molecule is COCCOC(=O)c1sc2nc(CN3C[C@H](C)C[C@@H](C)C3)[nH]c(=O)c2c1C. The number of hydrogen-bond acceptors (Lipinski definition) is 7. The molecule has 0 spiro atoms. The zero-order valence-corrected chi connectivity index (χ0v) is 17.1. The van der Waals surface area contributed by atoms with Gasteiger partial charge in [-0.15, -0.1) is 11.3 Å². The van der Waals surface area contributed by atoms with Crippen molar-refractivity contribution in [1.29, 1.82) is 0 Å². The van der Waals surface area contributed by atoms with Crippen LogP contribution in [0.5, 0.6) is 0 Å². The lowest BCUT2D eigenvalue weighted by molar-refractivity contribution is 0.0393. The molecule has 7 nitrogen and oxygen atoms in total. The van der Waals surface area contributed by atoms with Crippen molar-refractivity contribution in [3.63, 3.8) is 0 Å². The van der Waals surface area contributed by atoms with Crippen LogP contribution in [-0.2, 0) is 16.0 Å². The van der Waals surface area contributed by atoms with Gasteiger partial charge in [0.25, 0.3) is 5.56 Å². The fourth-order valence-corrected chi connectivity index (χ4v) is 4.97. The van der Waals surface area contributed by atoms with Crippen molar-refractivity contribution >= 4 is 27.5 Å². The largest absolute Gasteiger partial charge is 0.459 e. The van der Waals surface area contributed by atoms with E-state index in [2.05, 4.69) is 28.7 Å². The summed E-state index contributed by atoms with van der Waals surface area (Å²) in [6.07, 6.45) is 1.23. The van der Waals surface area contributed by atoms with E-state index in [9.17, 15) is 9.59 Å². The molecule has 0 aromatic carbocycles. The average Bonchev–Trinajstić information content (AvgIpc) is 2.91. The van der Waals surface area contributed by atoms with Crippen LogP contribution in [0.4, 0.5) is 0 Å². The number of piperidine rings is 1. The summed E-state index contributed by atoms with van der Waals surface area (Å²) in [5.41, 5.74) is 0.427. The summed E-state index contributed by atoms with van der Waals surface area (Å²) < 4.78 is 10.1. The molecule has 2 aromatic heterocycles. The molecule has 2 atom stereocenters. The highest BCUT2D eigenvalue weighted by molar-refractivity contribution is 7.20. The molecule has 1 aliphatic heterocycles. The van der Waals surface area contributed by atoms with Gasteiger partial charge in [0.15, 0.2) is 0 Å². The van der Waals surface area contributed by atoms with Crippen LogP contribution in [0.2, 0.25) is 0 Å². The van der Waals surface area contributed by atoms with Crippen molar-refractivity contribution in [3.8, 4) is 0 Å². The number of aromatic amines is 1. The molecule has 3 rings (SSSR count). The molecular weight excluding hydrogens is 366 g/mol. The van der Waals surface area contributed by atoms with E-state index in [1.807, 2.05) is 0 Å². The highest BCUT2D eigenvalue weighted by Gasteiger charge is 2.24. The van der Waals surface area contributed by atoms with E-state index in [1.165, 1.54) is 17.8 Å².